The molecule has 21 heavy (non-hydrogen) atoms. The summed E-state index contributed by atoms with van der Waals surface area (Å²) in [7, 11) is 0. The Morgan fingerprint density at radius 2 is 2.19 bits per heavy atom. The van der Waals surface area contributed by atoms with Gasteiger partial charge < -0.3 is 15.0 Å². The smallest absolute Gasteiger partial charge is 0.267 e. The molecule has 1 amide bonds. The van der Waals surface area contributed by atoms with Gasteiger partial charge in [-0.2, -0.15) is 5.26 Å². The molecule has 0 saturated carbocycles. The standard InChI is InChI=1S/C15H16ClN3O2/c1-11-2-3-13(16)8-14(11)18-15(20)12(9-17)10-19-4-6-21-7-5-19/h2-3,8,10H,4-7H2,1H3,(H,18,20)/b12-10-. The fourth-order valence-electron chi connectivity index (χ4n) is 1.95. The van der Waals surface area contributed by atoms with E-state index in [0.717, 1.165) is 5.56 Å². The molecule has 1 aromatic rings. The quantitative estimate of drug-likeness (QED) is 0.687. The van der Waals surface area contributed by atoms with Crippen LogP contribution in [0.15, 0.2) is 30.0 Å². The predicted octanol–water partition coefficient (Wildman–Crippen LogP) is 2.33. The largest absolute Gasteiger partial charge is 0.378 e. The van der Waals surface area contributed by atoms with Gasteiger partial charge in [-0.05, 0) is 24.6 Å². The van der Waals surface area contributed by atoms with Crippen molar-refractivity contribution in [1.29, 1.82) is 5.26 Å². The third-order valence-electron chi connectivity index (χ3n) is 3.17. The molecule has 0 aromatic heterocycles. The molecule has 1 heterocycles. The van der Waals surface area contributed by atoms with Crippen molar-refractivity contribution in [3.63, 3.8) is 0 Å². The van der Waals surface area contributed by atoms with Crippen molar-refractivity contribution in [2.24, 2.45) is 0 Å². The van der Waals surface area contributed by atoms with E-state index >= 15 is 0 Å². The highest BCUT2D eigenvalue weighted by molar-refractivity contribution is 6.31. The fraction of sp³-hybridized carbons (Fsp3) is 0.333. The maximum atomic E-state index is 12.2. The number of anilines is 1. The van der Waals surface area contributed by atoms with Crippen LogP contribution in [0.3, 0.4) is 0 Å². The van der Waals surface area contributed by atoms with Crippen LogP contribution in [0.5, 0.6) is 0 Å². The fourth-order valence-corrected chi connectivity index (χ4v) is 2.12. The van der Waals surface area contributed by atoms with Gasteiger partial charge in [0.05, 0.1) is 13.2 Å². The van der Waals surface area contributed by atoms with Gasteiger partial charge in [-0.3, -0.25) is 4.79 Å². The summed E-state index contributed by atoms with van der Waals surface area (Å²) in [6.07, 6.45) is 1.58. The van der Waals surface area contributed by atoms with Crippen LogP contribution in [-0.2, 0) is 9.53 Å². The monoisotopic (exact) mass is 305 g/mol. The number of nitrogens with zero attached hydrogens (tertiary/aromatic N) is 2. The second-order valence-electron chi connectivity index (χ2n) is 4.72. The van der Waals surface area contributed by atoms with Gasteiger partial charge in [-0.1, -0.05) is 17.7 Å². The molecule has 1 aliphatic rings. The molecule has 0 unspecified atom stereocenters. The second-order valence-corrected chi connectivity index (χ2v) is 5.15. The molecule has 1 aliphatic heterocycles. The third-order valence-corrected chi connectivity index (χ3v) is 3.41. The van der Waals surface area contributed by atoms with Gasteiger partial charge in [0, 0.05) is 30.0 Å². The molecule has 1 saturated heterocycles. The number of amides is 1. The summed E-state index contributed by atoms with van der Waals surface area (Å²) >= 11 is 5.92. The Labute approximate surface area is 128 Å². The zero-order valence-corrected chi connectivity index (χ0v) is 12.5. The lowest BCUT2D eigenvalue weighted by molar-refractivity contribution is -0.112. The molecule has 1 aromatic carbocycles. The summed E-state index contributed by atoms with van der Waals surface area (Å²) in [5.74, 6) is -0.436. The number of carbonyl (C=O) groups is 1. The first kappa shape index (κ1) is 15.4. The highest BCUT2D eigenvalue weighted by Crippen LogP contribution is 2.20. The molecule has 1 fully saturated rings. The maximum absolute atomic E-state index is 12.2. The number of benzene rings is 1. The minimum absolute atomic E-state index is 0.0660. The van der Waals surface area contributed by atoms with Gasteiger partial charge in [0.1, 0.15) is 11.6 Å². The third kappa shape index (κ3) is 4.22. The summed E-state index contributed by atoms with van der Waals surface area (Å²) < 4.78 is 5.23. The van der Waals surface area contributed by atoms with Gasteiger partial charge in [0.15, 0.2) is 0 Å². The van der Waals surface area contributed by atoms with Gasteiger partial charge in [-0.15, -0.1) is 0 Å². The first-order chi connectivity index (χ1) is 10.1. The van der Waals surface area contributed by atoms with E-state index < -0.39 is 5.91 Å². The lowest BCUT2D eigenvalue weighted by Gasteiger charge is -2.25. The summed E-state index contributed by atoms with van der Waals surface area (Å²) in [6.45, 7) is 4.42. The number of aryl methyl sites for hydroxylation is 1. The molecule has 0 spiro atoms. The molecular formula is C15H16ClN3O2. The van der Waals surface area contributed by atoms with Gasteiger partial charge in [0.2, 0.25) is 0 Å². The first-order valence-corrected chi connectivity index (χ1v) is 6.99. The van der Waals surface area contributed by atoms with E-state index in [9.17, 15) is 4.79 Å². The number of halogens is 1. The number of nitrogens with one attached hydrogen (secondary N) is 1. The van der Waals surface area contributed by atoms with Crippen LogP contribution in [0.1, 0.15) is 5.56 Å². The molecular weight excluding hydrogens is 290 g/mol. The second kappa shape index (κ2) is 7.11. The van der Waals surface area contributed by atoms with Gasteiger partial charge >= 0.3 is 0 Å². The van der Waals surface area contributed by atoms with E-state index in [4.69, 9.17) is 21.6 Å². The topological polar surface area (TPSA) is 65.4 Å². The van der Waals surface area contributed by atoms with Crippen molar-refractivity contribution < 1.29 is 9.53 Å². The molecule has 0 bridgehead atoms. The summed E-state index contributed by atoms with van der Waals surface area (Å²) in [4.78, 5) is 14.1. The van der Waals surface area contributed by atoms with Crippen LogP contribution >= 0.6 is 11.6 Å². The Balaban J connectivity index is 2.11. The predicted molar refractivity (Wildman–Crippen MR) is 80.9 cm³/mol. The van der Waals surface area contributed by atoms with Gasteiger partial charge in [-0.25, -0.2) is 0 Å². The van der Waals surface area contributed by atoms with E-state index in [2.05, 4.69) is 5.32 Å². The number of rotatable bonds is 3. The average Bonchev–Trinajstić information content (AvgIpc) is 2.49. The first-order valence-electron chi connectivity index (χ1n) is 6.61. The zero-order chi connectivity index (χ0) is 15.2. The van der Waals surface area contributed by atoms with Crippen molar-refractivity contribution in [2.75, 3.05) is 31.6 Å². The molecule has 0 atom stereocenters. The lowest BCUT2D eigenvalue weighted by atomic mass is 10.2. The van der Waals surface area contributed by atoms with Crippen LogP contribution in [-0.4, -0.2) is 37.1 Å². The van der Waals surface area contributed by atoms with Crippen LogP contribution < -0.4 is 5.32 Å². The van der Waals surface area contributed by atoms with Crippen molar-refractivity contribution in [1.82, 2.24) is 4.90 Å². The Kier molecular flexibility index (Phi) is 5.20. The highest BCUT2D eigenvalue weighted by atomic mass is 35.5. The number of carbonyl (C=O) groups excluding carboxylic acids is 1. The highest BCUT2D eigenvalue weighted by Gasteiger charge is 2.14. The number of hydrogen-bond acceptors (Lipinski definition) is 4. The molecule has 0 radical (unpaired) electrons. The molecule has 2 rings (SSSR count). The Morgan fingerprint density at radius 3 is 2.86 bits per heavy atom. The van der Waals surface area contributed by atoms with Crippen molar-refractivity contribution in [2.45, 2.75) is 6.92 Å². The Hall–Kier alpha value is -2.03. The normalized spacial score (nSPS) is 15.5. The van der Waals surface area contributed by atoms with Crippen LogP contribution in [0, 0.1) is 18.3 Å². The van der Waals surface area contributed by atoms with E-state index in [1.54, 1.807) is 18.3 Å². The summed E-state index contributed by atoms with van der Waals surface area (Å²) in [6, 6.07) is 7.17. The molecule has 0 aliphatic carbocycles. The van der Waals surface area contributed by atoms with E-state index in [-0.39, 0.29) is 5.57 Å². The van der Waals surface area contributed by atoms with E-state index in [1.807, 2.05) is 24.0 Å². The number of nitriles is 1. The number of hydrogen-bond donors (Lipinski definition) is 1. The van der Waals surface area contributed by atoms with E-state index in [1.165, 1.54) is 0 Å². The van der Waals surface area contributed by atoms with Crippen molar-refractivity contribution >= 4 is 23.2 Å². The van der Waals surface area contributed by atoms with Crippen LogP contribution in [0.4, 0.5) is 5.69 Å². The minimum Gasteiger partial charge on any atom is -0.378 e. The van der Waals surface area contributed by atoms with Gasteiger partial charge in [0.25, 0.3) is 5.91 Å². The minimum atomic E-state index is -0.436. The van der Waals surface area contributed by atoms with Crippen LogP contribution in [0.25, 0.3) is 0 Å². The Bertz CT molecular complexity index is 601. The zero-order valence-electron chi connectivity index (χ0n) is 11.7. The number of ether oxygens (including phenoxy) is 1. The molecule has 1 N–H and O–H groups in total. The average molecular weight is 306 g/mol. The summed E-state index contributed by atoms with van der Waals surface area (Å²) in [5.41, 5.74) is 1.56. The molecule has 5 nitrogen and oxygen atoms in total. The van der Waals surface area contributed by atoms with Crippen molar-refractivity contribution in [3.8, 4) is 6.07 Å². The van der Waals surface area contributed by atoms with Crippen LogP contribution in [0.2, 0.25) is 5.02 Å². The molecule has 110 valence electrons. The maximum Gasteiger partial charge on any atom is 0.267 e. The van der Waals surface area contributed by atoms with E-state index in [0.29, 0.717) is 37.0 Å². The molecule has 6 heteroatoms. The summed E-state index contributed by atoms with van der Waals surface area (Å²) in [5, 5.41) is 12.4. The SMILES string of the molecule is Cc1ccc(Cl)cc1NC(=O)/C(C#N)=C\N1CCOCC1. The lowest BCUT2D eigenvalue weighted by Crippen LogP contribution is -2.33. The number of morpholine rings is 1. The van der Waals surface area contributed by atoms with Crippen molar-refractivity contribution in [3.05, 3.63) is 40.6 Å². The Morgan fingerprint density at radius 1 is 1.48 bits per heavy atom.